The van der Waals surface area contributed by atoms with Crippen LogP contribution >= 0.6 is 27.3 Å². The number of carboxylic acid groups (broad SMARTS) is 1. The number of carboxylic acids is 1. The minimum atomic E-state index is -1.31. The predicted molar refractivity (Wildman–Crippen MR) is 81.2 cm³/mol. The second-order valence-electron chi connectivity index (χ2n) is 3.98. The van der Waals surface area contributed by atoms with E-state index in [2.05, 4.69) is 26.6 Å². The van der Waals surface area contributed by atoms with Crippen molar-refractivity contribution in [1.82, 2.24) is 5.32 Å². The van der Waals surface area contributed by atoms with Gasteiger partial charge in [-0.2, -0.15) is 0 Å². The van der Waals surface area contributed by atoms with Crippen LogP contribution in [0.3, 0.4) is 0 Å². The number of aromatic carboxylic acids is 1. The SMILES string of the molecule is O=C(NCc1ccc(Br)s1)Nc1c(F)cccc1C(=O)O. The van der Waals surface area contributed by atoms with E-state index in [0.29, 0.717) is 0 Å². The molecule has 0 unspecified atom stereocenters. The molecule has 2 amide bonds. The molecule has 2 rings (SSSR count). The second kappa shape index (κ2) is 6.68. The van der Waals surface area contributed by atoms with E-state index in [1.807, 2.05) is 12.1 Å². The van der Waals surface area contributed by atoms with Crippen molar-refractivity contribution in [2.24, 2.45) is 0 Å². The van der Waals surface area contributed by atoms with Crippen LogP contribution < -0.4 is 10.6 Å². The van der Waals surface area contributed by atoms with E-state index < -0.39 is 17.8 Å². The molecule has 1 heterocycles. The lowest BCUT2D eigenvalue weighted by atomic mass is 10.1. The molecule has 0 aliphatic rings. The van der Waals surface area contributed by atoms with E-state index >= 15 is 0 Å². The smallest absolute Gasteiger partial charge is 0.337 e. The summed E-state index contributed by atoms with van der Waals surface area (Å²) in [5, 5.41) is 13.7. The molecule has 21 heavy (non-hydrogen) atoms. The van der Waals surface area contributed by atoms with E-state index in [1.165, 1.54) is 23.5 Å². The summed E-state index contributed by atoms with van der Waals surface area (Å²) in [6.45, 7) is 0.263. The molecule has 0 radical (unpaired) electrons. The predicted octanol–water partition coefficient (Wildman–Crippen LogP) is 3.67. The van der Waals surface area contributed by atoms with E-state index in [4.69, 9.17) is 5.11 Å². The number of urea groups is 1. The van der Waals surface area contributed by atoms with Gasteiger partial charge in [0.15, 0.2) is 0 Å². The van der Waals surface area contributed by atoms with Crippen LogP contribution in [0.4, 0.5) is 14.9 Å². The number of nitrogens with one attached hydrogen (secondary N) is 2. The first-order chi connectivity index (χ1) is 9.97. The van der Waals surface area contributed by atoms with Crippen molar-refractivity contribution < 1.29 is 19.1 Å². The summed E-state index contributed by atoms with van der Waals surface area (Å²) in [7, 11) is 0. The normalized spacial score (nSPS) is 10.2. The molecule has 5 nitrogen and oxygen atoms in total. The second-order valence-corrected chi connectivity index (χ2v) is 6.53. The monoisotopic (exact) mass is 372 g/mol. The average Bonchev–Trinajstić information content (AvgIpc) is 2.84. The number of hydrogen-bond acceptors (Lipinski definition) is 3. The van der Waals surface area contributed by atoms with Gasteiger partial charge < -0.3 is 15.7 Å². The van der Waals surface area contributed by atoms with Gasteiger partial charge in [0.2, 0.25) is 0 Å². The van der Waals surface area contributed by atoms with Crippen LogP contribution in [0, 0.1) is 5.82 Å². The van der Waals surface area contributed by atoms with Crippen molar-refractivity contribution in [2.75, 3.05) is 5.32 Å². The van der Waals surface area contributed by atoms with Crippen molar-refractivity contribution in [3.63, 3.8) is 0 Å². The highest BCUT2D eigenvalue weighted by molar-refractivity contribution is 9.11. The average molecular weight is 373 g/mol. The Kier molecular flexibility index (Phi) is 4.92. The standard InChI is InChI=1S/C13H10BrFN2O3S/c14-10-5-4-7(21-10)6-16-13(20)17-11-8(12(18)19)2-1-3-9(11)15/h1-5H,6H2,(H,18,19)(H2,16,17,20). The lowest BCUT2D eigenvalue weighted by molar-refractivity contribution is 0.0697. The Morgan fingerprint density at radius 3 is 2.67 bits per heavy atom. The first-order valence-electron chi connectivity index (χ1n) is 5.78. The lowest BCUT2D eigenvalue weighted by Gasteiger charge is -2.10. The Morgan fingerprint density at radius 2 is 2.05 bits per heavy atom. The maximum atomic E-state index is 13.6. The molecule has 8 heteroatoms. The van der Waals surface area contributed by atoms with Crippen molar-refractivity contribution in [2.45, 2.75) is 6.54 Å². The number of amides is 2. The molecule has 1 aromatic heterocycles. The number of rotatable bonds is 4. The Balaban J connectivity index is 2.04. The molecular weight excluding hydrogens is 363 g/mol. The van der Waals surface area contributed by atoms with E-state index in [-0.39, 0.29) is 17.8 Å². The van der Waals surface area contributed by atoms with E-state index in [9.17, 15) is 14.0 Å². The zero-order chi connectivity index (χ0) is 15.4. The highest BCUT2D eigenvalue weighted by Crippen LogP contribution is 2.22. The zero-order valence-electron chi connectivity index (χ0n) is 10.5. The molecular formula is C13H10BrFN2O3S. The van der Waals surface area contributed by atoms with Crippen molar-refractivity contribution in [3.05, 3.63) is 50.4 Å². The molecule has 0 saturated heterocycles. The number of para-hydroxylation sites is 1. The van der Waals surface area contributed by atoms with Crippen LogP contribution in [0.1, 0.15) is 15.2 Å². The highest BCUT2D eigenvalue weighted by atomic mass is 79.9. The summed E-state index contributed by atoms with van der Waals surface area (Å²) < 4.78 is 14.6. The maximum absolute atomic E-state index is 13.6. The minimum Gasteiger partial charge on any atom is -0.478 e. The molecule has 1 aromatic carbocycles. The molecule has 0 aliphatic heterocycles. The maximum Gasteiger partial charge on any atom is 0.337 e. The van der Waals surface area contributed by atoms with Gasteiger partial charge in [-0.3, -0.25) is 0 Å². The number of anilines is 1. The van der Waals surface area contributed by atoms with Gasteiger partial charge in [-0.05, 0) is 40.2 Å². The Bertz CT molecular complexity index is 690. The summed E-state index contributed by atoms with van der Waals surface area (Å²) in [5.41, 5.74) is -0.654. The van der Waals surface area contributed by atoms with Gasteiger partial charge in [0.05, 0.1) is 21.6 Å². The van der Waals surface area contributed by atoms with Crippen molar-refractivity contribution in [1.29, 1.82) is 0 Å². The summed E-state index contributed by atoms with van der Waals surface area (Å²) in [6.07, 6.45) is 0. The molecule has 0 atom stereocenters. The van der Waals surface area contributed by atoms with Gasteiger partial charge in [0, 0.05) is 4.88 Å². The first kappa shape index (κ1) is 15.5. The molecule has 2 aromatic rings. The number of thiophene rings is 1. The van der Waals surface area contributed by atoms with E-state index in [0.717, 1.165) is 14.7 Å². The van der Waals surface area contributed by atoms with Crippen LogP contribution in [0.5, 0.6) is 0 Å². The number of carbonyl (C=O) groups is 2. The third kappa shape index (κ3) is 4.02. The molecule has 0 fully saturated rings. The van der Waals surface area contributed by atoms with Gasteiger partial charge in [-0.25, -0.2) is 14.0 Å². The number of halogens is 2. The lowest BCUT2D eigenvalue weighted by Crippen LogP contribution is -2.29. The Hall–Kier alpha value is -1.93. The minimum absolute atomic E-state index is 0.263. The third-order valence-electron chi connectivity index (χ3n) is 2.53. The number of hydrogen-bond donors (Lipinski definition) is 3. The molecule has 0 spiro atoms. The fourth-order valence-corrected chi connectivity index (χ4v) is 3.02. The van der Waals surface area contributed by atoms with Crippen LogP contribution in [-0.4, -0.2) is 17.1 Å². The quantitative estimate of drug-likeness (QED) is 0.765. The fourth-order valence-electron chi connectivity index (χ4n) is 1.60. The van der Waals surface area contributed by atoms with Gasteiger partial charge in [0.1, 0.15) is 5.82 Å². The number of carbonyl (C=O) groups excluding carboxylic acids is 1. The molecule has 0 bridgehead atoms. The van der Waals surface area contributed by atoms with E-state index in [1.54, 1.807) is 0 Å². The third-order valence-corrected chi connectivity index (χ3v) is 4.16. The number of benzene rings is 1. The van der Waals surface area contributed by atoms with Gasteiger partial charge >= 0.3 is 12.0 Å². The van der Waals surface area contributed by atoms with Gasteiger partial charge in [0.25, 0.3) is 0 Å². The topological polar surface area (TPSA) is 78.4 Å². The summed E-state index contributed by atoms with van der Waals surface area (Å²) in [5.74, 6) is -2.11. The zero-order valence-corrected chi connectivity index (χ0v) is 12.9. The molecule has 0 saturated carbocycles. The fraction of sp³-hybridized carbons (Fsp3) is 0.0769. The summed E-state index contributed by atoms with van der Waals surface area (Å²) in [6, 6.07) is 6.58. The largest absolute Gasteiger partial charge is 0.478 e. The summed E-state index contributed by atoms with van der Waals surface area (Å²) in [4.78, 5) is 23.6. The van der Waals surface area contributed by atoms with Gasteiger partial charge in [-0.1, -0.05) is 6.07 Å². The summed E-state index contributed by atoms with van der Waals surface area (Å²) >= 11 is 4.76. The molecule has 3 N–H and O–H groups in total. The Morgan fingerprint density at radius 1 is 1.29 bits per heavy atom. The molecule has 110 valence electrons. The first-order valence-corrected chi connectivity index (χ1v) is 7.39. The van der Waals surface area contributed by atoms with Crippen molar-refractivity contribution >= 4 is 45.0 Å². The van der Waals surface area contributed by atoms with Crippen LogP contribution in [-0.2, 0) is 6.54 Å². The highest BCUT2D eigenvalue weighted by Gasteiger charge is 2.16. The van der Waals surface area contributed by atoms with Crippen LogP contribution in [0.15, 0.2) is 34.1 Å². The molecule has 0 aliphatic carbocycles. The van der Waals surface area contributed by atoms with Gasteiger partial charge in [-0.15, -0.1) is 11.3 Å². The van der Waals surface area contributed by atoms with Crippen molar-refractivity contribution in [3.8, 4) is 0 Å². The van der Waals surface area contributed by atoms with Crippen LogP contribution in [0.2, 0.25) is 0 Å². The Labute approximate surface area is 131 Å². The van der Waals surface area contributed by atoms with Crippen LogP contribution in [0.25, 0.3) is 0 Å².